The van der Waals surface area contributed by atoms with E-state index in [2.05, 4.69) is 10.3 Å². The van der Waals surface area contributed by atoms with Crippen LogP contribution in [0.15, 0.2) is 71.1 Å². The Hall–Kier alpha value is -2.81. The highest BCUT2D eigenvalue weighted by atomic mass is 32.2. The number of carbonyl (C=O) groups is 2. The van der Waals surface area contributed by atoms with Gasteiger partial charge in [-0.05, 0) is 36.8 Å². The molecule has 0 unspecified atom stereocenters. The van der Waals surface area contributed by atoms with Crippen molar-refractivity contribution in [3.05, 3.63) is 92.8 Å². The molecule has 1 fully saturated rings. The van der Waals surface area contributed by atoms with Gasteiger partial charge in [-0.15, -0.1) is 11.3 Å². The van der Waals surface area contributed by atoms with Crippen molar-refractivity contribution in [3.63, 3.8) is 0 Å². The number of aryl methyl sites for hydroxylation is 2. The molecule has 0 bridgehead atoms. The Morgan fingerprint density at radius 2 is 1.68 bits per heavy atom. The first-order valence-corrected chi connectivity index (χ1v) is 13.3. The van der Waals surface area contributed by atoms with Gasteiger partial charge >= 0.3 is 0 Å². The number of rotatable bonds is 6. The maximum Gasteiger partial charge on any atom is 0.266 e. The van der Waals surface area contributed by atoms with E-state index in [1.807, 2.05) is 60.7 Å². The second kappa shape index (κ2) is 10.2. The number of thiazole rings is 1. The number of carbonyl (C=O) groups excluding carboxylic acids is 2. The fourth-order valence-electron chi connectivity index (χ4n) is 4.13. The minimum Gasteiger partial charge on any atom is -0.298 e. The van der Waals surface area contributed by atoms with Crippen molar-refractivity contribution in [2.75, 3.05) is 5.32 Å². The lowest BCUT2D eigenvalue weighted by Gasteiger charge is -2.15. The van der Waals surface area contributed by atoms with Crippen molar-refractivity contribution in [2.24, 2.45) is 0 Å². The molecule has 0 atom stereocenters. The quantitative estimate of drug-likeness (QED) is 0.353. The van der Waals surface area contributed by atoms with E-state index in [9.17, 15) is 9.59 Å². The molecular weight excluding hydrogens is 483 g/mol. The van der Waals surface area contributed by atoms with Gasteiger partial charge in [-0.1, -0.05) is 84.6 Å². The Morgan fingerprint density at radius 1 is 1.00 bits per heavy atom. The van der Waals surface area contributed by atoms with E-state index in [1.54, 1.807) is 4.90 Å². The number of benzene rings is 2. The largest absolute Gasteiger partial charge is 0.298 e. The lowest BCUT2D eigenvalue weighted by molar-refractivity contribution is -0.123. The predicted octanol–water partition coefficient (Wildman–Crippen LogP) is 5.52. The molecular formula is C26H23N3O2S3. The Labute approximate surface area is 212 Å². The third-order valence-electron chi connectivity index (χ3n) is 5.87. The summed E-state index contributed by atoms with van der Waals surface area (Å²) in [5.74, 6) is -0.520. The van der Waals surface area contributed by atoms with Crippen molar-refractivity contribution in [2.45, 2.75) is 38.6 Å². The molecule has 1 aliphatic carbocycles. The molecule has 1 N–H and O–H groups in total. The second-order valence-corrected chi connectivity index (χ2v) is 11.0. The lowest BCUT2D eigenvalue weighted by atomic mass is 10.0. The molecule has 5 rings (SSSR count). The number of nitrogens with zero attached hydrogens (tertiary/aromatic N) is 2. The molecule has 2 aliphatic rings. The summed E-state index contributed by atoms with van der Waals surface area (Å²) < 4.78 is 0.465. The van der Waals surface area contributed by atoms with E-state index < -0.39 is 0 Å². The Bertz CT molecular complexity index is 1250. The predicted molar refractivity (Wildman–Crippen MR) is 142 cm³/mol. The molecule has 1 aromatic heterocycles. The molecule has 34 heavy (non-hydrogen) atoms. The molecule has 0 spiro atoms. The third-order valence-corrected chi connectivity index (χ3v) is 8.43. The van der Waals surface area contributed by atoms with Crippen LogP contribution < -0.4 is 5.32 Å². The van der Waals surface area contributed by atoms with Gasteiger partial charge in [0.05, 0.1) is 17.1 Å². The number of thioether (sulfide) groups is 1. The molecule has 2 aromatic carbocycles. The van der Waals surface area contributed by atoms with Crippen molar-refractivity contribution < 1.29 is 9.59 Å². The Morgan fingerprint density at radius 3 is 2.38 bits per heavy atom. The SMILES string of the molecule is O=C(Nc1nc2c(s1)CCCC2)/C(Cc1ccccc1)=C1/SC(=S)N(Cc2ccccc2)C1=O. The van der Waals surface area contributed by atoms with Gasteiger partial charge in [-0.2, -0.15) is 0 Å². The van der Waals surface area contributed by atoms with Crippen LogP contribution in [0.2, 0.25) is 0 Å². The standard InChI is InChI=1S/C26H23N3O2S3/c30-23(28-25-27-20-13-7-8-14-21(20)33-25)19(15-17-9-3-1-4-10-17)22-24(31)29(26(32)34-22)16-18-11-5-2-6-12-18/h1-6,9-12H,7-8,13-16H2,(H,27,28,30)/b22-19+. The average molecular weight is 506 g/mol. The number of hydrogen-bond donors (Lipinski definition) is 1. The van der Waals surface area contributed by atoms with Gasteiger partial charge in [0, 0.05) is 16.9 Å². The fourth-order valence-corrected chi connectivity index (χ4v) is 6.49. The summed E-state index contributed by atoms with van der Waals surface area (Å²) in [7, 11) is 0. The lowest BCUT2D eigenvalue weighted by Crippen LogP contribution is -2.28. The van der Waals surface area contributed by atoms with Crippen molar-refractivity contribution in [1.82, 2.24) is 9.88 Å². The Balaban J connectivity index is 1.45. The summed E-state index contributed by atoms with van der Waals surface area (Å²) in [6.45, 7) is 0.383. The molecule has 0 saturated carbocycles. The van der Waals surface area contributed by atoms with E-state index in [0.717, 1.165) is 42.5 Å². The van der Waals surface area contributed by atoms with Crippen LogP contribution in [0.3, 0.4) is 0 Å². The highest BCUT2D eigenvalue weighted by Crippen LogP contribution is 2.36. The summed E-state index contributed by atoms with van der Waals surface area (Å²) in [5.41, 5.74) is 3.46. The summed E-state index contributed by atoms with van der Waals surface area (Å²) in [6, 6.07) is 19.4. The van der Waals surface area contributed by atoms with Crippen LogP contribution >= 0.6 is 35.3 Å². The third kappa shape index (κ3) is 4.99. The minimum atomic E-state index is -0.296. The van der Waals surface area contributed by atoms with Crippen LogP contribution in [0.5, 0.6) is 0 Å². The van der Waals surface area contributed by atoms with E-state index in [1.165, 1.54) is 28.0 Å². The normalized spacial score (nSPS) is 17.0. The van der Waals surface area contributed by atoms with Gasteiger partial charge in [0.15, 0.2) is 5.13 Å². The molecule has 1 aliphatic heterocycles. The molecule has 3 aromatic rings. The minimum absolute atomic E-state index is 0.224. The zero-order chi connectivity index (χ0) is 23.5. The number of thiocarbonyl (C=S) groups is 1. The zero-order valence-corrected chi connectivity index (χ0v) is 20.9. The van der Waals surface area contributed by atoms with E-state index in [0.29, 0.717) is 32.9 Å². The number of nitrogens with one attached hydrogen (secondary N) is 1. The molecule has 8 heteroatoms. The highest BCUT2D eigenvalue weighted by molar-refractivity contribution is 8.26. The van der Waals surface area contributed by atoms with Gasteiger partial charge in [0.25, 0.3) is 11.8 Å². The van der Waals surface area contributed by atoms with Crippen LogP contribution in [0, 0.1) is 0 Å². The molecule has 5 nitrogen and oxygen atoms in total. The maximum atomic E-state index is 13.5. The highest BCUT2D eigenvalue weighted by Gasteiger charge is 2.36. The summed E-state index contributed by atoms with van der Waals surface area (Å²) in [4.78, 5) is 34.8. The maximum absolute atomic E-state index is 13.5. The summed E-state index contributed by atoms with van der Waals surface area (Å²) in [5, 5.41) is 3.58. The number of hydrogen-bond acceptors (Lipinski definition) is 6. The molecule has 1 saturated heterocycles. The zero-order valence-electron chi connectivity index (χ0n) is 18.5. The second-order valence-electron chi connectivity index (χ2n) is 8.27. The average Bonchev–Trinajstić information content (AvgIpc) is 3.39. The van der Waals surface area contributed by atoms with E-state index in [4.69, 9.17) is 12.2 Å². The van der Waals surface area contributed by atoms with E-state index in [-0.39, 0.29) is 11.8 Å². The van der Waals surface area contributed by atoms with Crippen molar-refractivity contribution >= 4 is 56.6 Å². The van der Waals surface area contributed by atoms with Crippen LogP contribution in [0.4, 0.5) is 5.13 Å². The van der Waals surface area contributed by atoms with Gasteiger partial charge < -0.3 is 0 Å². The monoisotopic (exact) mass is 505 g/mol. The van der Waals surface area contributed by atoms with Crippen LogP contribution in [-0.4, -0.2) is 26.0 Å². The van der Waals surface area contributed by atoms with Crippen LogP contribution in [0.25, 0.3) is 0 Å². The smallest absolute Gasteiger partial charge is 0.266 e. The number of fused-ring (bicyclic) bond motifs is 1. The first kappa shape index (κ1) is 23.0. The molecule has 172 valence electrons. The van der Waals surface area contributed by atoms with Gasteiger partial charge in [0.1, 0.15) is 4.32 Å². The van der Waals surface area contributed by atoms with Gasteiger partial charge in [-0.25, -0.2) is 4.98 Å². The molecule has 2 heterocycles. The first-order chi connectivity index (χ1) is 16.6. The first-order valence-electron chi connectivity index (χ1n) is 11.2. The topological polar surface area (TPSA) is 62.3 Å². The number of anilines is 1. The number of amides is 2. The van der Waals surface area contributed by atoms with E-state index >= 15 is 0 Å². The van der Waals surface area contributed by atoms with Gasteiger partial charge in [0.2, 0.25) is 0 Å². The molecule has 2 amide bonds. The fraction of sp³-hybridized carbons (Fsp3) is 0.231. The van der Waals surface area contributed by atoms with Crippen LogP contribution in [-0.2, 0) is 35.4 Å². The van der Waals surface area contributed by atoms with Crippen molar-refractivity contribution in [3.8, 4) is 0 Å². The van der Waals surface area contributed by atoms with Gasteiger partial charge in [-0.3, -0.25) is 19.8 Å². The molecule has 0 radical (unpaired) electrons. The Kier molecular flexibility index (Phi) is 6.89. The van der Waals surface area contributed by atoms with Crippen LogP contribution in [0.1, 0.15) is 34.5 Å². The van der Waals surface area contributed by atoms with Crippen molar-refractivity contribution in [1.29, 1.82) is 0 Å². The number of aromatic nitrogens is 1. The summed E-state index contributed by atoms with van der Waals surface area (Å²) in [6.07, 6.45) is 4.60. The summed E-state index contributed by atoms with van der Waals surface area (Å²) >= 11 is 8.29.